The van der Waals surface area contributed by atoms with Crippen LogP contribution in [0.15, 0.2) is 18.2 Å². The minimum Gasteiger partial charge on any atom is -0.371 e. The van der Waals surface area contributed by atoms with Gasteiger partial charge < -0.3 is 4.90 Å². The third-order valence-electron chi connectivity index (χ3n) is 5.57. The van der Waals surface area contributed by atoms with Gasteiger partial charge in [0.05, 0.1) is 5.75 Å². The molecule has 0 amide bonds. The Kier molecular flexibility index (Phi) is 5.68. The summed E-state index contributed by atoms with van der Waals surface area (Å²) in [6, 6.07) is 5.56. The van der Waals surface area contributed by atoms with Crippen LogP contribution in [0.3, 0.4) is 0 Å². The first kappa shape index (κ1) is 18.6. The molecule has 1 unspecified atom stereocenters. The molecule has 0 radical (unpaired) electrons. The highest BCUT2D eigenvalue weighted by Gasteiger charge is 2.30. The molecule has 1 aromatic carbocycles. The Balaban J connectivity index is 1.56. The molecule has 0 bridgehead atoms. The number of hydrogen-bond acceptors (Lipinski definition) is 4. The second-order valence-electron chi connectivity index (χ2n) is 7.74. The maximum absolute atomic E-state index is 13.3. The highest BCUT2D eigenvalue weighted by Crippen LogP contribution is 2.28. The topological polar surface area (TPSA) is 40.6 Å². The van der Waals surface area contributed by atoms with Crippen LogP contribution in [0.2, 0.25) is 0 Å². The molecule has 3 rings (SSSR count). The van der Waals surface area contributed by atoms with Gasteiger partial charge in [-0.1, -0.05) is 0 Å². The van der Waals surface area contributed by atoms with Crippen LogP contribution in [-0.2, 0) is 9.84 Å². The minimum atomic E-state index is -2.90. The fourth-order valence-electron chi connectivity index (χ4n) is 4.44. The summed E-state index contributed by atoms with van der Waals surface area (Å²) >= 11 is 0. The number of benzene rings is 1. The van der Waals surface area contributed by atoms with E-state index in [2.05, 4.69) is 9.80 Å². The Morgan fingerprint density at radius 1 is 1.16 bits per heavy atom. The Bertz CT molecular complexity index is 699. The molecule has 1 atom stereocenters. The second kappa shape index (κ2) is 7.62. The van der Waals surface area contributed by atoms with E-state index in [1.807, 2.05) is 13.0 Å². The molecule has 0 saturated carbocycles. The molecule has 0 aliphatic carbocycles. The number of halogens is 1. The smallest absolute Gasteiger partial charge is 0.147 e. The summed E-state index contributed by atoms with van der Waals surface area (Å²) in [6.07, 6.45) is 5.63. The van der Waals surface area contributed by atoms with Crippen molar-refractivity contribution in [1.29, 1.82) is 0 Å². The summed E-state index contributed by atoms with van der Waals surface area (Å²) in [5, 5.41) is 0. The zero-order valence-corrected chi connectivity index (χ0v) is 16.1. The third kappa shape index (κ3) is 4.94. The van der Waals surface area contributed by atoms with Crippen molar-refractivity contribution in [1.82, 2.24) is 4.90 Å². The molecular formula is C19H29FN2O2S. The fourth-order valence-corrected chi connectivity index (χ4v) is 5.57. The lowest BCUT2D eigenvalue weighted by molar-refractivity contribution is 0.113. The van der Waals surface area contributed by atoms with Crippen molar-refractivity contribution in [2.45, 2.75) is 38.6 Å². The first-order chi connectivity index (χ1) is 11.8. The Labute approximate surface area is 150 Å². The molecule has 0 N–H and O–H groups in total. The first-order valence-electron chi connectivity index (χ1n) is 9.25. The van der Waals surface area contributed by atoms with Gasteiger partial charge in [0.15, 0.2) is 0 Å². The molecule has 2 aliphatic heterocycles. The van der Waals surface area contributed by atoms with Crippen molar-refractivity contribution < 1.29 is 12.8 Å². The van der Waals surface area contributed by atoms with E-state index in [9.17, 15) is 12.8 Å². The van der Waals surface area contributed by atoms with Crippen LogP contribution in [0, 0.1) is 18.7 Å². The zero-order valence-electron chi connectivity index (χ0n) is 15.2. The number of aryl methyl sites for hydroxylation is 1. The van der Waals surface area contributed by atoms with Crippen molar-refractivity contribution in [3.63, 3.8) is 0 Å². The SMILES string of the molecule is Cc1cc(F)ccc1N1CCC(N2CCCC(CS(C)(=O)=O)C2)CC1. The number of piperidine rings is 2. The highest BCUT2D eigenvalue weighted by atomic mass is 32.2. The predicted molar refractivity (Wildman–Crippen MR) is 100 cm³/mol. The molecule has 2 fully saturated rings. The van der Waals surface area contributed by atoms with Crippen LogP contribution >= 0.6 is 0 Å². The summed E-state index contributed by atoms with van der Waals surface area (Å²) < 4.78 is 36.5. The molecule has 2 aliphatic rings. The lowest BCUT2D eigenvalue weighted by Gasteiger charge is -2.43. The quantitative estimate of drug-likeness (QED) is 0.819. The molecule has 0 aromatic heterocycles. The number of rotatable bonds is 4. The van der Waals surface area contributed by atoms with E-state index >= 15 is 0 Å². The van der Waals surface area contributed by atoms with Gasteiger partial charge in [0.1, 0.15) is 15.7 Å². The van der Waals surface area contributed by atoms with E-state index in [1.165, 1.54) is 12.3 Å². The van der Waals surface area contributed by atoms with Gasteiger partial charge in [-0.15, -0.1) is 0 Å². The Hall–Kier alpha value is -1.14. The summed E-state index contributed by atoms with van der Waals surface area (Å²) in [6.45, 7) is 5.91. The van der Waals surface area contributed by atoms with Crippen molar-refractivity contribution >= 4 is 15.5 Å². The first-order valence-corrected chi connectivity index (χ1v) is 11.3. The van der Waals surface area contributed by atoms with E-state index in [1.54, 1.807) is 6.07 Å². The van der Waals surface area contributed by atoms with Gasteiger partial charge in [0, 0.05) is 37.6 Å². The zero-order chi connectivity index (χ0) is 18.0. The Morgan fingerprint density at radius 3 is 2.52 bits per heavy atom. The number of nitrogens with zero attached hydrogens (tertiary/aromatic N) is 2. The van der Waals surface area contributed by atoms with Crippen molar-refractivity contribution in [3.8, 4) is 0 Å². The average molecular weight is 369 g/mol. The van der Waals surface area contributed by atoms with E-state index in [0.717, 1.165) is 63.1 Å². The van der Waals surface area contributed by atoms with Crippen molar-refractivity contribution in [3.05, 3.63) is 29.6 Å². The fraction of sp³-hybridized carbons (Fsp3) is 0.684. The van der Waals surface area contributed by atoms with E-state index in [-0.39, 0.29) is 11.7 Å². The summed E-state index contributed by atoms with van der Waals surface area (Å²) in [4.78, 5) is 4.86. The molecule has 6 heteroatoms. The van der Waals surface area contributed by atoms with Gasteiger partial charge in [0.2, 0.25) is 0 Å². The largest absolute Gasteiger partial charge is 0.371 e. The molecule has 25 heavy (non-hydrogen) atoms. The third-order valence-corrected chi connectivity index (χ3v) is 6.65. The number of sulfone groups is 1. The van der Waals surface area contributed by atoms with Gasteiger partial charge >= 0.3 is 0 Å². The van der Waals surface area contributed by atoms with Crippen LogP contribution < -0.4 is 4.90 Å². The summed E-state index contributed by atoms with van der Waals surface area (Å²) in [7, 11) is -2.90. The molecule has 140 valence electrons. The van der Waals surface area contributed by atoms with Crippen LogP contribution in [0.5, 0.6) is 0 Å². The van der Waals surface area contributed by atoms with Gasteiger partial charge in [-0.05, 0) is 68.8 Å². The average Bonchev–Trinajstić information content (AvgIpc) is 2.54. The van der Waals surface area contributed by atoms with E-state index < -0.39 is 9.84 Å². The highest BCUT2D eigenvalue weighted by molar-refractivity contribution is 7.90. The van der Waals surface area contributed by atoms with Crippen LogP contribution in [0.1, 0.15) is 31.2 Å². The van der Waals surface area contributed by atoms with Crippen LogP contribution in [0.4, 0.5) is 10.1 Å². The monoisotopic (exact) mass is 368 g/mol. The predicted octanol–water partition coefficient (Wildman–Crippen LogP) is 2.86. The number of likely N-dealkylation sites (tertiary alicyclic amines) is 1. The van der Waals surface area contributed by atoms with E-state index in [4.69, 9.17) is 0 Å². The van der Waals surface area contributed by atoms with Crippen LogP contribution in [-0.4, -0.2) is 57.5 Å². The van der Waals surface area contributed by atoms with Gasteiger partial charge in [-0.25, -0.2) is 12.8 Å². The number of hydrogen-bond donors (Lipinski definition) is 0. The van der Waals surface area contributed by atoms with E-state index in [0.29, 0.717) is 11.8 Å². The normalized spacial score (nSPS) is 23.8. The molecule has 2 saturated heterocycles. The maximum atomic E-state index is 13.3. The summed E-state index contributed by atoms with van der Waals surface area (Å²) in [5.74, 6) is 0.416. The lowest BCUT2D eigenvalue weighted by atomic mass is 9.94. The van der Waals surface area contributed by atoms with Crippen molar-refractivity contribution in [2.75, 3.05) is 43.1 Å². The van der Waals surface area contributed by atoms with Gasteiger partial charge in [-0.3, -0.25) is 4.90 Å². The van der Waals surface area contributed by atoms with Crippen LogP contribution in [0.25, 0.3) is 0 Å². The molecule has 1 aromatic rings. The minimum absolute atomic E-state index is 0.179. The summed E-state index contributed by atoms with van der Waals surface area (Å²) in [5.41, 5.74) is 2.12. The maximum Gasteiger partial charge on any atom is 0.147 e. The van der Waals surface area contributed by atoms with Gasteiger partial charge in [-0.2, -0.15) is 0 Å². The molecular weight excluding hydrogens is 339 g/mol. The lowest BCUT2D eigenvalue weighted by Crippen LogP contribution is -2.49. The molecule has 2 heterocycles. The molecule has 4 nitrogen and oxygen atoms in total. The molecule has 0 spiro atoms. The second-order valence-corrected chi connectivity index (χ2v) is 9.93. The Morgan fingerprint density at radius 2 is 1.88 bits per heavy atom. The number of anilines is 1. The van der Waals surface area contributed by atoms with Gasteiger partial charge in [0.25, 0.3) is 0 Å². The van der Waals surface area contributed by atoms with Crippen molar-refractivity contribution in [2.24, 2.45) is 5.92 Å². The standard InChI is InChI=1S/C19H29FN2O2S/c1-15-12-17(20)5-6-19(15)21-10-7-18(8-11-21)22-9-3-4-16(13-22)14-25(2,23)24/h5-6,12,16,18H,3-4,7-11,13-14H2,1-2H3.